The lowest BCUT2D eigenvalue weighted by atomic mass is 10.1. The summed E-state index contributed by atoms with van der Waals surface area (Å²) >= 11 is 0. The van der Waals surface area contributed by atoms with Crippen molar-refractivity contribution in [1.82, 2.24) is 4.90 Å². The van der Waals surface area contributed by atoms with Crippen LogP contribution in [0.5, 0.6) is 0 Å². The first-order chi connectivity index (χ1) is 5.24. The molecule has 1 aliphatic carbocycles. The highest BCUT2D eigenvalue weighted by molar-refractivity contribution is 5.06. The molecule has 0 amide bonds. The molecule has 1 saturated carbocycles. The third kappa shape index (κ3) is 1.58. The van der Waals surface area contributed by atoms with Crippen molar-refractivity contribution in [3.8, 4) is 0 Å². The van der Waals surface area contributed by atoms with Gasteiger partial charge in [0.1, 0.15) is 0 Å². The molecule has 66 valence electrons. The van der Waals surface area contributed by atoms with Gasteiger partial charge in [0.25, 0.3) is 0 Å². The van der Waals surface area contributed by atoms with Gasteiger partial charge in [0.2, 0.25) is 0 Å². The van der Waals surface area contributed by atoms with E-state index in [1.807, 2.05) is 13.8 Å². The number of hydrogen-bond donors (Lipinski definition) is 0. The highest BCUT2D eigenvalue weighted by Gasteiger charge is 2.55. The zero-order valence-corrected chi connectivity index (χ0v) is 8.35. The average Bonchev–Trinajstić information content (AvgIpc) is 2.55. The van der Waals surface area contributed by atoms with E-state index in [1.54, 1.807) is 0 Å². The molecule has 2 aliphatic rings. The zero-order chi connectivity index (χ0) is 8.48. The molecule has 2 rings (SSSR count). The number of likely N-dealkylation sites (tertiary alicyclic amines) is 1. The van der Waals surface area contributed by atoms with Crippen LogP contribution in [0.3, 0.4) is 0 Å². The Balaban J connectivity index is 0.000000281. The molecule has 1 aliphatic heterocycles. The van der Waals surface area contributed by atoms with Gasteiger partial charge in [0.05, 0.1) is 0 Å². The lowest BCUT2D eigenvalue weighted by Gasteiger charge is -2.15. The van der Waals surface area contributed by atoms with Crippen LogP contribution in [0.4, 0.5) is 0 Å². The minimum atomic E-state index is 0.760. The molecule has 0 aromatic rings. The maximum Gasteiger partial charge on any atom is 0.00386 e. The Morgan fingerprint density at radius 3 is 2.36 bits per heavy atom. The average molecular weight is 155 g/mol. The first-order valence-corrected chi connectivity index (χ1v) is 4.97. The molecule has 1 heteroatoms. The summed E-state index contributed by atoms with van der Waals surface area (Å²) < 4.78 is 0. The molecule has 0 N–H and O–H groups in total. The Bertz CT molecular complexity index is 133. The van der Waals surface area contributed by atoms with Crippen LogP contribution in [0.2, 0.25) is 0 Å². The van der Waals surface area contributed by atoms with Gasteiger partial charge in [0.15, 0.2) is 0 Å². The van der Waals surface area contributed by atoms with E-state index in [4.69, 9.17) is 0 Å². The van der Waals surface area contributed by atoms with E-state index >= 15 is 0 Å². The molecule has 0 radical (unpaired) electrons. The van der Waals surface area contributed by atoms with Crippen molar-refractivity contribution in [3.63, 3.8) is 0 Å². The van der Waals surface area contributed by atoms with E-state index in [0.717, 1.165) is 11.3 Å². The molecule has 2 unspecified atom stereocenters. The van der Waals surface area contributed by atoms with Gasteiger partial charge in [-0.1, -0.05) is 27.7 Å². The summed E-state index contributed by atoms with van der Waals surface area (Å²) in [4.78, 5) is 2.56. The van der Waals surface area contributed by atoms with Crippen molar-refractivity contribution in [2.45, 2.75) is 34.1 Å². The Kier molecular flexibility index (Phi) is 2.58. The van der Waals surface area contributed by atoms with Crippen molar-refractivity contribution in [1.29, 1.82) is 0 Å². The first kappa shape index (κ1) is 9.05. The van der Waals surface area contributed by atoms with Crippen LogP contribution in [-0.2, 0) is 0 Å². The highest BCUT2D eigenvalue weighted by atomic mass is 15.2. The van der Waals surface area contributed by atoms with Gasteiger partial charge in [-0.15, -0.1) is 0 Å². The van der Waals surface area contributed by atoms with Crippen molar-refractivity contribution in [2.75, 3.05) is 19.6 Å². The maximum absolute atomic E-state index is 2.56. The van der Waals surface area contributed by atoms with Crippen LogP contribution in [0.15, 0.2) is 0 Å². The monoisotopic (exact) mass is 155 g/mol. The van der Waals surface area contributed by atoms with Crippen LogP contribution in [-0.4, -0.2) is 24.5 Å². The number of piperidine rings is 1. The third-order valence-electron chi connectivity index (χ3n) is 3.05. The maximum atomic E-state index is 2.56. The standard InChI is InChI=1S/C8H15N.C2H6/c1-3-9-5-7-4-8(7,2)6-9;1-2/h7H,3-6H2,1-2H3;1-2H3. The van der Waals surface area contributed by atoms with Crippen molar-refractivity contribution in [3.05, 3.63) is 0 Å². The van der Waals surface area contributed by atoms with Crippen LogP contribution in [0.1, 0.15) is 34.1 Å². The molecule has 2 fully saturated rings. The fraction of sp³-hybridized carbons (Fsp3) is 1.00. The second-order valence-electron chi connectivity index (χ2n) is 3.88. The van der Waals surface area contributed by atoms with Crippen LogP contribution in [0, 0.1) is 11.3 Å². The summed E-state index contributed by atoms with van der Waals surface area (Å²) in [7, 11) is 0. The lowest BCUT2D eigenvalue weighted by Crippen LogP contribution is -2.23. The molecule has 1 nitrogen and oxygen atoms in total. The Hall–Kier alpha value is -0.0400. The fourth-order valence-electron chi connectivity index (χ4n) is 2.11. The number of rotatable bonds is 1. The molecule has 11 heavy (non-hydrogen) atoms. The van der Waals surface area contributed by atoms with Gasteiger partial charge in [-0.25, -0.2) is 0 Å². The van der Waals surface area contributed by atoms with Crippen molar-refractivity contribution in [2.24, 2.45) is 11.3 Å². The minimum Gasteiger partial charge on any atom is -0.303 e. The molecular formula is C10H21N. The van der Waals surface area contributed by atoms with Crippen molar-refractivity contribution >= 4 is 0 Å². The first-order valence-electron chi connectivity index (χ1n) is 4.97. The summed E-state index contributed by atoms with van der Waals surface area (Å²) in [5.41, 5.74) is 0.760. The molecule has 0 spiro atoms. The summed E-state index contributed by atoms with van der Waals surface area (Å²) in [6.07, 6.45) is 1.50. The number of fused-ring (bicyclic) bond motifs is 1. The zero-order valence-electron chi connectivity index (χ0n) is 8.35. The molecule has 0 bridgehead atoms. The number of hydrogen-bond acceptors (Lipinski definition) is 1. The summed E-state index contributed by atoms with van der Waals surface area (Å²) in [5.74, 6) is 1.07. The SMILES string of the molecule is CC.CCN1CC2CC2(C)C1. The predicted molar refractivity (Wildman–Crippen MR) is 49.7 cm³/mol. The van der Waals surface area contributed by atoms with Crippen LogP contribution in [0.25, 0.3) is 0 Å². The summed E-state index contributed by atoms with van der Waals surface area (Å²) in [5, 5.41) is 0. The predicted octanol–water partition coefficient (Wildman–Crippen LogP) is 2.37. The molecular weight excluding hydrogens is 134 g/mol. The molecule has 0 aromatic carbocycles. The summed E-state index contributed by atoms with van der Waals surface area (Å²) in [6, 6.07) is 0. The van der Waals surface area contributed by atoms with E-state index in [9.17, 15) is 0 Å². The van der Waals surface area contributed by atoms with Crippen LogP contribution < -0.4 is 0 Å². The van der Waals surface area contributed by atoms with E-state index in [-0.39, 0.29) is 0 Å². The van der Waals surface area contributed by atoms with Gasteiger partial charge in [0, 0.05) is 13.1 Å². The topological polar surface area (TPSA) is 3.24 Å². The van der Waals surface area contributed by atoms with Gasteiger partial charge in [-0.3, -0.25) is 0 Å². The molecule has 1 saturated heterocycles. The van der Waals surface area contributed by atoms with Gasteiger partial charge >= 0.3 is 0 Å². The lowest BCUT2D eigenvalue weighted by molar-refractivity contribution is 0.301. The van der Waals surface area contributed by atoms with Gasteiger partial charge < -0.3 is 4.90 Å². The smallest absolute Gasteiger partial charge is 0.00386 e. The Labute approximate surface area is 70.8 Å². The largest absolute Gasteiger partial charge is 0.303 e. The van der Waals surface area contributed by atoms with E-state index in [2.05, 4.69) is 18.7 Å². The molecule has 1 heterocycles. The van der Waals surface area contributed by atoms with E-state index in [1.165, 1.54) is 26.1 Å². The molecule has 2 atom stereocenters. The highest BCUT2D eigenvalue weighted by Crippen LogP contribution is 2.56. The second kappa shape index (κ2) is 3.14. The van der Waals surface area contributed by atoms with Gasteiger partial charge in [-0.05, 0) is 24.3 Å². The Morgan fingerprint density at radius 2 is 2.09 bits per heavy atom. The third-order valence-corrected chi connectivity index (χ3v) is 3.05. The van der Waals surface area contributed by atoms with Crippen molar-refractivity contribution < 1.29 is 0 Å². The minimum absolute atomic E-state index is 0.760. The summed E-state index contributed by atoms with van der Waals surface area (Å²) in [6.45, 7) is 12.7. The van der Waals surface area contributed by atoms with Crippen LogP contribution >= 0.6 is 0 Å². The van der Waals surface area contributed by atoms with E-state index in [0.29, 0.717) is 0 Å². The fourth-order valence-corrected chi connectivity index (χ4v) is 2.11. The van der Waals surface area contributed by atoms with E-state index < -0.39 is 0 Å². The molecule has 0 aromatic heterocycles. The second-order valence-corrected chi connectivity index (χ2v) is 3.88. The normalized spacial score (nSPS) is 40.9. The Morgan fingerprint density at radius 1 is 1.45 bits per heavy atom. The van der Waals surface area contributed by atoms with Gasteiger partial charge in [-0.2, -0.15) is 0 Å². The number of nitrogens with zero attached hydrogens (tertiary/aromatic N) is 1. The quantitative estimate of drug-likeness (QED) is 0.562.